The summed E-state index contributed by atoms with van der Waals surface area (Å²) in [5.41, 5.74) is 5.95. The second-order valence-corrected chi connectivity index (χ2v) is 6.33. The van der Waals surface area contributed by atoms with Crippen molar-refractivity contribution in [1.29, 1.82) is 0 Å². The molecule has 1 aromatic heterocycles. The Morgan fingerprint density at radius 1 is 1.32 bits per heavy atom. The Kier molecular flexibility index (Phi) is 5.47. The van der Waals surface area contributed by atoms with Crippen molar-refractivity contribution in [2.24, 2.45) is 0 Å². The molecule has 0 unspecified atom stereocenters. The minimum Gasteiger partial charge on any atom is -0.358 e. The molecule has 134 valence electrons. The van der Waals surface area contributed by atoms with E-state index in [2.05, 4.69) is 39.4 Å². The van der Waals surface area contributed by atoms with Crippen LogP contribution in [-0.4, -0.2) is 47.0 Å². The van der Waals surface area contributed by atoms with E-state index in [1.165, 1.54) is 5.69 Å². The SMILES string of the molecule is CNC(=O)[C@H](C)NOCc1nc(-c2ccccc2)n2c1CN(C)CC2. The van der Waals surface area contributed by atoms with Crippen LogP contribution in [0.1, 0.15) is 18.3 Å². The van der Waals surface area contributed by atoms with Gasteiger partial charge in [-0.25, -0.2) is 4.98 Å². The first-order chi connectivity index (χ1) is 12.1. The average Bonchev–Trinajstić information content (AvgIpc) is 2.99. The highest BCUT2D eigenvalue weighted by atomic mass is 16.6. The molecule has 7 nitrogen and oxygen atoms in total. The smallest absolute Gasteiger partial charge is 0.238 e. The van der Waals surface area contributed by atoms with Gasteiger partial charge in [0, 0.05) is 32.2 Å². The normalized spacial score (nSPS) is 15.6. The molecule has 25 heavy (non-hydrogen) atoms. The van der Waals surface area contributed by atoms with Gasteiger partial charge < -0.3 is 9.88 Å². The van der Waals surface area contributed by atoms with Crippen LogP contribution in [0.15, 0.2) is 30.3 Å². The van der Waals surface area contributed by atoms with E-state index in [1.54, 1.807) is 14.0 Å². The molecule has 0 radical (unpaired) electrons. The number of hydroxylamine groups is 1. The lowest BCUT2D eigenvalue weighted by molar-refractivity contribution is -0.126. The lowest BCUT2D eigenvalue weighted by Crippen LogP contribution is -2.40. The van der Waals surface area contributed by atoms with E-state index in [1.807, 2.05) is 18.2 Å². The minimum absolute atomic E-state index is 0.114. The van der Waals surface area contributed by atoms with Crippen molar-refractivity contribution in [2.75, 3.05) is 20.6 Å². The number of amides is 1. The van der Waals surface area contributed by atoms with Crippen LogP contribution in [0.4, 0.5) is 0 Å². The fourth-order valence-corrected chi connectivity index (χ4v) is 2.99. The predicted molar refractivity (Wildman–Crippen MR) is 95.5 cm³/mol. The molecule has 2 heterocycles. The van der Waals surface area contributed by atoms with Crippen molar-refractivity contribution >= 4 is 5.91 Å². The zero-order chi connectivity index (χ0) is 17.8. The first-order valence-corrected chi connectivity index (χ1v) is 8.51. The van der Waals surface area contributed by atoms with Crippen molar-refractivity contribution in [3.63, 3.8) is 0 Å². The van der Waals surface area contributed by atoms with Gasteiger partial charge in [0.25, 0.3) is 0 Å². The van der Waals surface area contributed by atoms with Gasteiger partial charge in [-0.05, 0) is 14.0 Å². The number of carbonyl (C=O) groups excluding carboxylic acids is 1. The topological polar surface area (TPSA) is 71.4 Å². The number of rotatable bonds is 6. The van der Waals surface area contributed by atoms with E-state index >= 15 is 0 Å². The van der Waals surface area contributed by atoms with Gasteiger partial charge in [-0.15, -0.1) is 0 Å². The summed E-state index contributed by atoms with van der Waals surface area (Å²) in [5, 5.41) is 2.59. The third-order valence-corrected chi connectivity index (χ3v) is 4.42. The Bertz CT molecular complexity index is 729. The molecular formula is C18H25N5O2. The van der Waals surface area contributed by atoms with Crippen molar-refractivity contribution in [1.82, 2.24) is 25.2 Å². The van der Waals surface area contributed by atoms with Crippen LogP contribution in [0.3, 0.4) is 0 Å². The molecule has 0 spiro atoms. The third kappa shape index (κ3) is 3.89. The molecule has 0 fully saturated rings. The average molecular weight is 343 g/mol. The first kappa shape index (κ1) is 17.6. The van der Waals surface area contributed by atoms with Crippen LogP contribution in [0.2, 0.25) is 0 Å². The molecule has 1 aromatic carbocycles. The van der Waals surface area contributed by atoms with Crippen LogP contribution < -0.4 is 10.8 Å². The number of carbonyl (C=O) groups is 1. The summed E-state index contributed by atoms with van der Waals surface area (Å²) < 4.78 is 2.27. The van der Waals surface area contributed by atoms with Gasteiger partial charge in [-0.2, -0.15) is 5.48 Å². The molecule has 1 aliphatic rings. The highest BCUT2D eigenvalue weighted by molar-refractivity contribution is 5.80. The van der Waals surface area contributed by atoms with E-state index in [9.17, 15) is 4.79 Å². The molecule has 7 heteroatoms. The molecule has 0 bridgehead atoms. The highest BCUT2D eigenvalue weighted by Gasteiger charge is 2.23. The lowest BCUT2D eigenvalue weighted by Gasteiger charge is -2.26. The molecule has 3 rings (SSSR count). The maximum atomic E-state index is 11.5. The Balaban J connectivity index is 1.79. The molecule has 2 aromatic rings. The largest absolute Gasteiger partial charge is 0.358 e. The van der Waals surface area contributed by atoms with E-state index < -0.39 is 6.04 Å². The Morgan fingerprint density at radius 3 is 2.80 bits per heavy atom. The number of likely N-dealkylation sites (N-methyl/N-ethyl adjacent to an activating group) is 2. The van der Waals surface area contributed by atoms with Crippen LogP contribution in [0.5, 0.6) is 0 Å². The number of imidazole rings is 1. The van der Waals surface area contributed by atoms with Gasteiger partial charge >= 0.3 is 0 Å². The molecule has 1 aliphatic heterocycles. The summed E-state index contributed by atoms with van der Waals surface area (Å²) in [6.45, 7) is 4.81. The molecule has 1 amide bonds. The van der Waals surface area contributed by atoms with Gasteiger partial charge in [0.15, 0.2) is 0 Å². The maximum Gasteiger partial charge on any atom is 0.238 e. The molecule has 1 atom stereocenters. The quantitative estimate of drug-likeness (QED) is 0.770. The number of benzene rings is 1. The summed E-state index contributed by atoms with van der Waals surface area (Å²) >= 11 is 0. The summed E-state index contributed by atoms with van der Waals surface area (Å²) in [6, 6.07) is 9.78. The van der Waals surface area contributed by atoms with Crippen molar-refractivity contribution in [3.05, 3.63) is 41.7 Å². The Morgan fingerprint density at radius 2 is 2.08 bits per heavy atom. The first-order valence-electron chi connectivity index (χ1n) is 8.51. The highest BCUT2D eigenvalue weighted by Crippen LogP contribution is 2.26. The fourth-order valence-electron chi connectivity index (χ4n) is 2.99. The summed E-state index contributed by atoms with van der Waals surface area (Å²) in [7, 11) is 3.71. The number of nitrogens with zero attached hydrogens (tertiary/aromatic N) is 3. The van der Waals surface area contributed by atoms with Crippen LogP contribution in [0.25, 0.3) is 11.4 Å². The van der Waals surface area contributed by atoms with Crippen molar-refractivity contribution in [3.8, 4) is 11.4 Å². The second-order valence-electron chi connectivity index (χ2n) is 6.33. The number of nitrogens with one attached hydrogen (secondary N) is 2. The van der Waals surface area contributed by atoms with Crippen molar-refractivity contribution in [2.45, 2.75) is 32.7 Å². The zero-order valence-corrected chi connectivity index (χ0v) is 15.0. The molecule has 2 N–H and O–H groups in total. The number of fused-ring (bicyclic) bond motifs is 1. The van der Waals surface area contributed by atoms with Gasteiger partial charge in [-0.3, -0.25) is 14.5 Å². The van der Waals surface area contributed by atoms with Gasteiger partial charge in [-0.1, -0.05) is 30.3 Å². The predicted octanol–water partition coefficient (Wildman–Crippen LogP) is 1.15. The lowest BCUT2D eigenvalue weighted by atomic mass is 10.2. The minimum atomic E-state index is -0.417. The van der Waals surface area contributed by atoms with Crippen LogP contribution in [0, 0.1) is 0 Å². The number of aromatic nitrogens is 2. The van der Waals surface area contributed by atoms with Gasteiger partial charge in [0.05, 0.1) is 11.4 Å². The zero-order valence-electron chi connectivity index (χ0n) is 15.0. The number of hydrogen-bond donors (Lipinski definition) is 2. The standard InChI is InChI=1S/C18H25N5O2/c1-13(18(24)19-2)21-25-12-15-16-11-22(3)9-10-23(16)17(20-15)14-7-5-4-6-8-14/h4-8,13,21H,9-12H2,1-3H3,(H,19,24)/t13-/m0/s1. The second kappa shape index (κ2) is 7.77. The van der Waals surface area contributed by atoms with Crippen LogP contribution in [-0.2, 0) is 29.3 Å². The Hall–Kier alpha value is -2.22. The summed E-state index contributed by atoms with van der Waals surface area (Å²) in [6.07, 6.45) is 0. The van der Waals surface area contributed by atoms with E-state index in [0.717, 1.165) is 36.7 Å². The fraction of sp³-hybridized carbons (Fsp3) is 0.444. The van der Waals surface area contributed by atoms with E-state index in [-0.39, 0.29) is 5.91 Å². The van der Waals surface area contributed by atoms with E-state index in [0.29, 0.717) is 6.61 Å². The molecule has 0 aliphatic carbocycles. The monoisotopic (exact) mass is 343 g/mol. The number of hydrogen-bond acceptors (Lipinski definition) is 5. The summed E-state index contributed by atoms with van der Waals surface area (Å²) in [4.78, 5) is 24.2. The van der Waals surface area contributed by atoms with Gasteiger partial charge in [0.2, 0.25) is 5.91 Å². The molecule has 0 saturated carbocycles. The van der Waals surface area contributed by atoms with Crippen LogP contribution >= 0.6 is 0 Å². The van der Waals surface area contributed by atoms with Crippen molar-refractivity contribution < 1.29 is 9.63 Å². The Labute approximate surface area is 147 Å². The van der Waals surface area contributed by atoms with Gasteiger partial charge in [0.1, 0.15) is 18.5 Å². The molecular weight excluding hydrogens is 318 g/mol. The maximum absolute atomic E-state index is 11.5. The molecule has 0 saturated heterocycles. The summed E-state index contributed by atoms with van der Waals surface area (Å²) in [5.74, 6) is 0.859. The van der Waals surface area contributed by atoms with E-state index in [4.69, 9.17) is 9.82 Å². The third-order valence-electron chi connectivity index (χ3n) is 4.42.